The molecule has 0 aliphatic heterocycles. The van der Waals surface area contributed by atoms with Crippen molar-refractivity contribution in [1.82, 2.24) is 0 Å². The highest BCUT2D eigenvalue weighted by Crippen LogP contribution is 2.35. The minimum atomic E-state index is -0.231. The highest BCUT2D eigenvalue weighted by atomic mass is 35.5. The van der Waals surface area contributed by atoms with Gasteiger partial charge in [0, 0.05) is 11.8 Å². The Balaban J connectivity index is 2.23. The van der Waals surface area contributed by atoms with Gasteiger partial charge in [0.15, 0.2) is 0 Å². The molecule has 1 unspecified atom stereocenters. The third kappa shape index (κ3) is 3.67. The molecule has 0 aliphatic rings. The summed E-state index contributed by atoms with van der Waals surface area (Å²) in [6.07, 6.45) is 0.874. The first-order valence-electron chi connectivity index (χ1n) is 7.02. The number of halogens is 1. The van der Waals surface area contributed by atoms with Crippen LogP contribution in [0.15, 0.2) is 36.4 Å². The number of methoxy groups -OCH3 is 1. The maximum atomic E-state index is 11.4. The zero-order valence-electron chi connectivity index (χ0n) is 12.3. The lowest BCUT2D eigenvalue weighted by atomic mass is 9.99. The quantitative estimate of drug-likeness (QED) is 0.583. The van der Waals surface area contributed by atoms with E-state index in [-0.39, 0.29) is 11.3 Å². The molecular formula is C17H19ClO3. The van der Waals surface area contributed by atoms with E-state index in [4.69, 9.17) is 21.1 Å². The molecule has 0 saturated carbocycles. The van der Waals surface area contributed by atoms with Crippen molar-refractivity contribution in [2.75, 3.05) is 13.7 Å². The lowest BCUT2D eigenvalue weighted by Crippen LogP contribution is -2.05. The lowest BCUT2D eigenvalue weighted by molar-refractivity contribution is -0.143. The second-order valence-electron chi connectivity index (χ2n) is 4.71. The van der Waals surface area contributed by atoms with Gasteiger partial charge in [0.2, 0.25) is 0 Å². The maximum absolute atomic E-state index is 11.4. The first kappa shape index (κ1) is 15.6. The van der Waals surface area contributed by atoms with Crippen molar-refractivity contribution in [2.45, 2.75) is 25.1 Å². The standard InChI is InChI=1S/C17H19ClO3/c1-3-21-17(19)11-9-15(18)13-8-10-16(20-2)14-7-5-4-6-12(13)14/h4-8,10,15H,3,9,11H2,1-2H3. The monoisotopic (exact) mass is 306 g/mol. The molecule has 0 radical (unpaired) electrons. The Morgan fingerprint density at radius 1 is 1.19 bits per heavy atom. The molecule has 3 nitrogen and oxygen atoms in total. The van der Waals surface area contributed by atoms with E-state index in [2.05, 4.69) is 0 Å². The van der Waals surface area contributed by atoms with E-state index in [9.17, 15) is 4.79 Å². The van der Waals surface area contributed by atoms with Gasteiger partial charge in [0.25, 0.3) is 0 Å². The first-order chi connectivity index (χ1) is 10.2. The molecule has 0 saturated heterocycles. The number of hydrogen-bond donors (Lipinski definition) is 0. The molecule has 1 atom stereocenters. The fraction of sp³-hybridized carbons (Fsp3) is 0.353. The van der Waals surface area contributed by atoms with E-state index in [0.29, 0.717) is 19.4 Å². The van der Waals surface area contributed by atoms with E-state index in [1.807, 2.05) is 36.4 Å². The van der Waals surface area contributed by atoms with Crippen molar-refractivity contribution >= 4 is 28.3 Å². The molecule has 2 rings (SSSR count). The van der Waals surface area contributed by atoms with Crippen LogP contribution in [0, 0.1) is 0 Å². The predicted molar refractivity (Wildman–Crippen MR) is 85.0 cm³/mol. The number of alkyl halides is 1. The minimum absolute atomic E-state index is 0.207. The third-order valence-corrected chi connectivity index (χ3v) is 3.84. The van der Waals surface area contributed by atoms with Gasteiger partial charge in [-0.05, 0) is 30.4 Å². The molecule has 0 aromatic heterocycles. The van der Waals surface area contributed by atoms with Crippen molar-refractivity contribution in [3.63, 3.8) is 0 Å². The Morgan fingerprint density at radius 3 is 2.57 bits per heavy atom. The average Bonchev–Trinajstić information content (AvgIpc) is 2.51. The normalized spacial score (nSPS) is 12.1. The van der Waals surface area contributed by atoms with Gasteiger partial charge in [-0.1, -0.05) is 30.3 Å². The molecule has 0 N–H and O–H groups in total. The van der Waals surface area contributed by atoms with Crippen LogP contribution in [0.25, 0.3) is 10.8 Å². The van der Waals surface area contributed by atoms with Crippen LogP contribution in [0.1, 0.15) is 30.7 Å². The van der Waals surface area contributed by atoms with E-state index >= 15 is 0 Å². The Labute approximate surface area is 129 Å². The molecule has 2 aromatic carbocycles. The molecule has 0 aliphatic carbocycles. The van der Waals surface area contributed by atoms with Crippen LogP contribution in [0.5, 0.6) is 5.75 Å². The van der Waals surface area contributed by atoms with Gasteiger partial charge in [0.05, 0.1) is 19.1 Å². The zero-order chi connectivity index (χ0) is 15.2. The molecule has 21 heavy (non-hydrogen) atoms. The van der Waals surface area contributed by atoms with Gasteiger partial charge in [-0.3, -0.25) is 4.79 Å². The summed E-state index contributed by atoms with van der Waals surface area (Å²) in [4.78, 5) is 11.4. The average molecular weight is 307 g/mol. The molecule has 0 bridgehead atoms. The smallest absolute Gasteiger partial charge is 0.305 e. The topological polar surface area (TPSA) is 35.5 Å². The van der Waals surface area contributed by atoms with Crippen LogP contribution < -0.4 is 4.74 Å². The summed E-state index contributed by atoms with van der Waals surface area (Å²) >= 11 is 6.48. The van der Waals surface area contributed by atoms with Crippen LogP contribution in [0.3, 0.4) is 0 Å². The van der Waals surface area contributed by atoms with E-state index in [0.717, 1.165) is 22.1 Å². The molecular weight excluding hydrogens is 288 g/mol. The number of ether oxygens (including phenoxy) is 2. The van der Waals surface area contributed by atoms with Crippen LogP contribution in [-0.2, 0) is 9.53 Å². The number of esters is 1. The molecule has 2 aromatic rings. The molecule has 112 valence electrons. The minimum Gasteiger partial charge on any atom is -0.496 e. The molecule has 0 amide bonds. The summed E-state index contributed by atoms with van der Waals surface area (Å²) < 4.78 is 10.3. The van der Waals surface area contributed by atoms with E-state index < -0.39 is 0 Å². The fourth-order valence-corrected chi connectivity index (χ4v) is 2.68. The van der Waals surface area contributed by atoms with Crippen molar-refractivity contribution < 1.29 is 14.3 Å². The van der Waals surface area contributed by atoms with Gasteiger partial charge in [-0.25, -0.2) is 0 Å². The van der Waals surface area contributed by atoms with Gasteiger partial charge >= 0.3 is 5.97 Å². The first-order valence-corrected chi connectivity index (χ1v) is 7.46. The Bertz CT molecular complexity index is 624. The van der Waals surface area contributed by atoms with Crippen LogP contribution >= 0.6 is 11.6 Å². The maximum Gasteiger partial charge on any atom is 0.305 e. The van der Waals surface area contributed by atoms with Crippen LogP contribution in [0.2, 0.25) is 0 Å². The predicted octanol–water partition coefficient (Wildman–Crippen LogP) is 4.47. The Hall–Kier alpha value is -1.74. The van der Waals surface area contributed by atoms with E-state index in [1.54, 1.807) is 14.0 Å². The van der Waals surface area contributed by atoms with Crippen LogP contribution in [-0.4, -0.2) is 19.7 Å². The number of rotatable bonds is 6. The summed E-state index contributed by atoms with van der Waals surface area (Å²) in [5.74, 6) is 0.615. The van der Waals surface area contributed by atoms with Crippen molar-refractivity contribution in [3.8, 4) is 5.75 Å². The second-order valence-corrected chi connectivity index (χ2v) is 5.24. The van der Waals surface area contributed by atoms with E-state index in [1.165, 1.54) is 0 Å². The highest BCUT2D eigenvalue weighted by molar-refractivity contribution is 6.22. The number of hydrogen-bond acceptors (Lipinski definition) is 3. The van der Waals surface area contributed by atoms with Crippen LogP contribution in [0.4, 0.5) is 0 Å². The van der Waals surface area contributed by atoms with Gasteiger partial charge in [-0.15, -0.1) is 11.6 Å². The second kappa shape index (κ2) is 7.32. The number of fused-ring (bicyclic) bond motifs is 1. The van der Waals surface area contributed by atoms with Gasteiger partial charge in [0.1, 0.15) is 5.75 Å². The SMILES string of the molecule is CCOC(=O)CCC(Cl)c1ccc(OC)c2ccccc12. The van der Waals surface area contributed by atoms with Crippen molar-refractivity contribution in [1.29, 1.82) is 0 Å². The summed E-state index contributed by atoms with van der Waals surface area (Å²) in [5.41, 5.74) is 1.01. The Kier molecular flexibility index (Phi) is 5.45. The largest absolute Gasteiger partial charge is 0.496 e. The molecule has 0 heterocycles. The Morgan fingerprint density at radius 2 is 1.90 bits per heavy atom. The summed E-state index contributed by atoms with van der Waals surface area (Å²) in [6, 6.07) is 11.8. The summed E-state index contributed by atoms with van der Waals surface area (Å²) in [6.45, 7) is 2.20. The summed E-state index contributed by atoms with van der Waals surface area (Å²) in [7, 11) is 1.65. The number of carbonyl (C=O) groups excluding carboxylic acids is 1. The van der Waals surface area contributed by atoms with Crippen molar-refractivity contribution in [3.05, 3.63) is 42.0 Å². The fourth-order valence-electron chi connectivity index (χ4n) is 2.38. The van der Waals surface area contributed by atoms with Gasteiger partial charge in [-0.2, -0.15) is 0 Å². The number of benzene rings is 2. The van der Waals surface area contributed by atoms with Gasteiger partial charge < -0.3 is 9.47 Å². The summed E-state index contributed by atoms with van der Waals surface area (Å²) in [5, 5.41) is 1.85. The third-order valence-electron chi connectivity index (χ3n) is 3.38. The molecule has 4 heteroatoms. The number of carbonyl (C=O) groups is 1. The highest BCUT2D eigenvalue weighted by Gasteiger charge is 2.15. The molecule has 0 spiro atoms. The molecule has 0 fully saturated rings. The zero-order valence-corrected chi connectivity index (χ0v) is 13.0. The van der Waals surface area contributed by atoms with Crippen molar-refractivity contribution in [2.24, 2.45) is 0 Å². The lowest BCUT2D eigenvalue weighted by Gasteiger charge is -2.14.